The molecule has 1 N–H and O–H groups in total. The SMILES string of the molecule is CCN(CC)S(=O)(=O)c1ccc([C@@H](C)NC(=O)c2nn(-c3ccccc3)c(C)cc2=O)cc1. The van der Waals surface area contributed by atoms with Crippen molar-refractivity contribution in [2.45, 2.75) is 38.6 Å². The van der Waals surface area contributed by atoms with Gasteiger partial charge in [0.25, 0.3) is 5.91 Å². The maximum atomic E-state index is 12.8. The van der Waals surface area contributed by atoms with Crippen LogP contribution in [-0.2, 0) is 10.0 Å². The van der Waals surface area contributed by atoms with Gasteiger partial charge >= 0.3 is 0 Å². The molecule has 2 aromatic carbocycles. The second kappa shape index (κ2) is 10.1. The van der Waals surface area contributed by atoms with E-state index in [1.165, 1.54) is 22.5 Å². The second-order valence-corrected chi connectivity index (χ2v) is 9.54. The van der Waals surface area contributed by atoms with Crippen LogP contribution in [0.5, 0.6) is 0 Å². The quantitative estimate of drug-likeness (QED) is 0.548. The Bertz CT molecular complexity index is 1280. The molecule has 0 radical (unpaired) electrons. The van der Waals surface area contributed by atoms with Gasteiger partial charge in [-0.25, -0.2) is 13.1 Å². The molecule has 0 aliphatic carbocycles. The molecule has 9 heteroatoms. The van der Waals surface area contributed by atoms with Gasteiger partial charge in [0.15, 0.2) is 5.69 Å². The summed E-state index contributed by atoms with van der Waals surface area (Å²) in [6.07, 6.45) is 0. The van der Waals surface area contributed by atoms with Crippen molar-refractivity contribution in [3.63, 3.8) is 0 Å². The van der Waals surface area contributed by atoms with Crippen molar-refractivity contribution in [2.24, 2.45) is 0 Å². The molecular weight excluding hydrogens is 440 g/mol. The van der Waals surface area contributed by atoms with Gasteiger partial charge in [-0.2, -0.15) is 9.40 Å². The molecule has 0 aliphatic rings. The highest BCUT2D eigenvalue weighted by Crippen LogP contribution is 2.19. The number of carbonyl (C=O) groups is 1. The molecule has 3 aromatic rings. The minimum Gasteiger partial charge on any atom is -0.344 e. The lowest BCUT2D eigenvalue weighted by Crippen LogP contribution is -2.33. The first-order valence-electron chi connectivity index (χ1n) is 10.8. The number of carbonyl (C=O) groups excluding carboxylic acids is 1. The standard InChI is InChI=1S/C24H28N4O4S/c1-5-27(6-2)33(31,32)21-14-12-19(13-15-21)18(4)25-24(30)23-22(29)16-17(3)28(26-23)20-10-8-7-9-11-20/h7-16,18H,5-6H2,1-4H3,(H,25,30)/t18-/m1/s1. The topological polar surface area (TPSA) is 101 Å². The predicted octanol–water partition coefficient (Wildman–Crippen LogP) is 3.06. The molecule has 1 amide bonds. The van der Waals surface area contributed by atoms with E-state index in [2.05, 4.69) is 10.4 Å². The highest BCUT2D eigenvalue weighted by molar-refractivity contribution is 7.89. The number of sulfonamides is 1. The molecular formula is C24H28N4O4S. The Morgan fingerprint density at radius 3 is 2.24 bits per heavy atom. The molecule has 33 heavy (non-hydrogen) atoms. The third-order valence-corrected chi connectivity index (χ3v) is 7.46. The first-order chi connectivity index (χ1) is 15.7. The summed E-state index contributed by atoms with van der Waals surface area (Å²) >= 11 is 0. The summed E-state index contributed by atoms with van der Waals surface area (Å²) in [7, 11) is -3.56. The minimum atomic E-state index is -3.56. The van der Waals surface area contributed by atoms with Gasteiger partial charge in [-0.3, -0.25) is 9.59 Å². The molecule has 0 aliphatic heterocycles. The fraction of sp³-hybridized carbons (Fsp3) is 0.292. The van der Waals surface area contributed by atoms with Crippen molar-refractivity contribution < 1.29 is 13.2 Å². The molecule has 1 atom stereocenters. The molecule has 0 unspecified atom stereocenters. The zero-order valence-electron chi connectivity index (χ0n) is 19.1. The number of amides is 1. The summed E-state index contributed by atoms with van der Waals surface area (Å²) in [6, 6.07) is 16.5. The van der Waals surface area contributed by atoms with Crippen LogP contribution in [0.4, 0.5) is 0 Å². The van der Waals surface area contributed by atoms with Gasteiger partial charge in [-0.05, 0) is 43.7 Å². The van der Waals surface area contributed by atoms with Crippen LogP contribution in [0.25, 0.3) is 5.69 Å². The van der Waals surface area contributed by atoms with Gasteiger partial charge in [-0.1, -0.05) is 44.2 Å². The number of hydrogen-bond donors (Lipinski definition) is 1. The Labute approximate surface area is 193 Å². The van der Waals surface area contributed by atoms with Gasteiger partial charge in [-0.15, -0.1) is 0 Å². The summed E-state index contributed by atoms with van der Waals surface area (Å²) < 4.78 is 28.3. The first-order valence-corrected chi connectivity index (χ1v) is 12.2. The molecule has 3 rings (SSSR count). The predicted molar refractivity (Wildman–Crippen MR) is 127 cm³/mol. The number of nitrogens with zero attached hydrogens (tertiary/aromatic N) is 3. The Balaban J connectivity index is 1.82. The maximum absolute atomic E-state index is 12.8. The van der Waals surface area contributed by atoms with Gasteiger partial charge < -0.3 is 5.32 Å². The first kappa shape index (κ1) is 24.3. The average Bonchev–Trinajstić information content (AvgIpc) is 2.80. The number of hydrogen-bond acceptors (Lipinski definition) is 5. The number of benzene rings is 2. The lowest BCUT2D eigenvalue weighted by molar-refractivity contribution is 0.0931. The number of aromatic nitrogens is 2. The van der Waals surface area contributed by atoms with E-state index in [1.807, 2.05) is 30.3 Å². The zero-order chi connectivity index (χ0) is 24.2. The lowest BCUT2D eigenvalue weighted by Gasteiger charge is -2.19. The van der Waals surface area contributed by atoms with E-state index in [4.69, 9.17) is 0 Å². The number of rotatable bonds is 8. The molecule has 1 heterocycles. The molecule has 174 valence electrons. The summed E-state index contributed by atoms with van der Waals surface area (Å²) in [4.78, 5) is 25.5. The van der Waals surface area contributed by atoms with Crippen LogP contribution >= 0.6 is 0 Å². The van der Waals surface area contributed by atoms with Crippen LogP contribution < -0.4 is 10.7 Å². The van der Waals surface area contributed by atoms with Crippen molar-refractivity contribution in [1.82, 2.24) is 19.4 Å². The maximum Gasteiger partial charge on any atom is 0.276 e. The van der Waals surface area contributed by atoms with Gasteiger partial charge in [0.1, 0.15) is 0 Å². The number of aryl methyl sites for hydroxylation is 1. The fourth-order valence-corrected chi connectivity index (χ4v) is 4.98. The van der Waals surface area contributed by atoms with Crippen molar-refractivity contribution in [3.05, 3.63) is 87.8 Å². The van der Waals surface area contributed by atoms with E-state index in [0.717, 1.165) is 5.69 Å². The molecule has 1 aromatic heterocycles. The summed E-state index contributed by atoms with van der Waals surface area (Å²) in [5.74, 6) is -0.600. The molecule has 0 saturated carbocycles. The van der Waals surface area contributed by atoms with Crippen LogP contribution in [0.3, 0.4) is 0 Å². The third kappa shape index (κ3) is 5.20. The average molecular weight is 469 g/mol. The van der Waals surface area contributed by atoms with Crippen molar-refractivity contribution in [3.8, 4) is 5.69 Å². The molecule has 0 saturated heterocycles. The van der Waals surface area contributed by atoms with Crippen LogP contribution in [0, 0.1) is 6.92 Å². The molecule has 0 bridgehead atoms. The molecule has 8 nitrogen and oxygen atoms in total. The van der Waals surface area contributed by atoms with Gasteiger partial charge in [0.2, 0.25) is 15.5 Å². The van der Waals surface area contributed by atoms with Crippen LogP contribution in [0.15, 0.2) is 70.4 Å². The van der Waals surface area contributed by atoms with E-state index >= 15 is 0 Å². The number of para-hydroxylation sites is 1. The van der Waals surface area contributed by atoms with Crippen molar-refractivity contribution in [2.75, 3.05) is 13.1 Å². The minimum absolute atomic E-state index is 0.194. The Kier molecular flexibility index (Phi) is 7.45. The summed E-state index contributed by atoms with van der Waals surface area (Å²) in [5.41, 5.74) is 1.38. The highest BCUT2D eigenvalue weighted by Gasteiger charge is 2.22. The number of nitrogens with one attached hydrogen (secondary N) is 1. The smallest absolute Gasteiger partial charge is 0.276 e. The van der Waals surface area contributed by atoms with E-state index in [1.54, 1.807) is 44.5 Å². The van der Waals surface area contributed by atoms with Crippen LogP contribution in [0.1, 0.15) is 48.6 Å². The summed E-state index contributed by atoms with van der Waals surface area (Å²) in [6.45, 7) is 7.86. The monoisotopic (exact) mass is 468 g/mol. The Morgan fingerprint density at radius 1 is 1.06 bits per heavy atom. The molecule has 0 spiro atoms. The molecule has 0 fully saturated rings. The summed E-state index contributed by atoms with van der Waals surface area (Å²) in [5, 5.41) is 7.06. The Hall–Kier alpha value is -3.30. The van der Waals surface area contributed by atoms with Crippen LogP contribution in [0.2, 0.25) is 0 Å². The second-order valence-electron chi connectivity index (χ2n) is 7.60. The van der Waals surface area contributed by atoms with E-state index < -0.39 is 27.4 Å². The van der Waals surface area contributed by atoms with E-state index in [9.17, 15) is 18.0 Å². The van der Waals surface area contributed by atoms with Crippen molar-refractivity contribution >= 4 is 15.9 Å². The normalized spacial score (nSPS) is 12.5. The van der Waals surface area contributed by atoms with Crippen LogP contribution in [-0.4, -0.2) is 41.5 Å². The van der Waals surface area contributed by atoms with E-state index in [-0.39, 0.29) is 10.6 Å². The van der Waals surface area contributed by atoms with Gasteiger partial charge in [0.05, 0.1) is 16.6 Å². The highest BCUT2D eigenvalue weighted by atomic mass is 32.2. The van der Waals surface area contributed by atoms with Crippen molar-refractivity contribution in [1.29, 1.82) is 0 Å². The van der Waals surface area contributed by atoms with Gasteiger partial charge in [0, 0.05) is 24.8 Å². The zero-order valence-corrected chi connectivity index (χ0v) is 20.0. The largest absolute Gasteiger partial charge is 0.344 e. The lowest BCUT2D eigenvalue weighted by atomic mass is 10.1. The Morgan fingerprint density at radius 2 is 1.67 bits per heavy atom. The fourth-order valence-electron chi connectivity index (χ4n) is 3.52. The van der Waals surface area contributed by atoms with E-state index in [0.29, 0.717) is 24.3 Å². The third-order valence-electron chi connectivity index (χ3n) is 5.39.